The summed E-state index contributed by atoms with van der Waals surface area (Å²) >= 11 is 14.4. The molecule has 3 aromatic rings. The summed E-state index contributed by atoms with van der Waals surface area (Å²) in [4.78, 5) is 38.0. The summed E-state index contributed by atoms with van der Waals surface area (Å²) in [6, 6.07) is 18.3. The second-order valence-electron chi connectivity index (χ2n) is 6.65. The Hall–Kier alpha value is -2.65. The first-order chi connectivity index (χ1) is 15.8. The number of nitrogens with one attached hydrogen (secondary N) is 2. The van der Waals surface area contributed by atoms with Gasteiger partial charge in [0.2, 0.25) is 11.8 Å². The molecule has 3 N–H and O–H groups in total. The first-order valence-electron chi connectivity index (χ1n) is 9.54. The topological polar surface area (TPSA) is 95.5 Å². The molecule has 0 atom stereocenters. The number of aromatic carboxylic acids is 1. The van der Waals surface area contributed by atoms with Crippen molar-refractivity contribution in [2.75, 3.05) is 22.1 Å². The van der Waals surface area contributed by atoms with E-state index in [9.17, 15) is 19.5 Å². The highest BCUT2D eigenvalue weighted by atomic mass is 35.5. The van der Waals surface area contributed by atoms with Crippen LogP contribution in [0.2, 0.25) is 10.0 Å². The molecule has 0 aliphatic heterocycles. The number of halogens is 2. The Kier molecular flexibility index (Phi) is 9.08. The third-order valence-electron chi connectivity index (χ3n) is 4.18. The van der Waals surface area contributed by atoms with Crippen LogP contribution < -0.4 is 10.6 Å². The van der Waals surface area contributed by atoms with Gasteiger partial charge in [-0.3, -0.25) is 9.59 Å². The molecule has 0 bridgehead atoms. The molecule has 0 unspecified atom stereocenters. The maximum absolute atomic E-state index is 12.5. The molecular weight excluding hydrogens is 503 g/mol. The number of hydrogen-bond acceptors (Lipinski definition) is 5. The number of carbonyl (C=O) groups is 3. The van der Waals surface area contributed by atoms with Crippen LogP contribution in [0, 0.1) is 0 Å². The van der Waals surface area contributed by atoms with Gasteiger partial charge in [-0.25, -0.2) is 4.79 Å². The third-order valence-corrected chi connectivity index (χ3v) is 6.71. The van der Waals surface area contributed by atoms with Crippen LogP contribution >= 0.6 is 46.7 Å². The summed E-state index contributed by atoms with van der Waals surface area (Å²) in [5.74, 6) is -1.56. The molecule has 0 aliphatic carbocycles. The van der Waals surface area contributed by atoms with Crippen LogP contribution in [-0.2, 0) is 9.59 Å². The summed E-state index contributed by atoms with van der Waals surface area (Å²) in [7, 11) is 0. The number of anilines is 2. The van der Waals surface area contributed by atoms with Gasteiger partial charge < -0.3 is 15.7 Å². The summed E-state index contributed by atoms with van der Waals surface area (Å²) in [5, 5.41) is 15.9. The van der Waals surface area contributed by atoms with E-state index in [4.69, 9.17) is 23.2 Å². The average Bonchev–Trinajstić information content (AvgIpc) is 2.79. The zero-order chi connectivity index (χ0) is 23.8. The van der Waals surface area contributed by atoms with Gasteiger partial charge in [0.1, 0.15) is 0 Å². The second kappa shape index (κ2) is 12.0. The first-order valence-corrected chi connectivity index (χ1v) is 12.3. The van der Waals surface area contributed by atoms with Crippen molar-refractivity contribution in [2.45, 2.75) is 9.79 Å². The molecule has 0 saturated carbocycles. The van der Waals surface area contributed by atoms with Gasteiger partial charge in [0, 0.05) is 19.8 Å². The largest absolute Gasteiger partial charge is 0.478 e. The predicted octanol–water partition coefficient (Wildman–Crippen LogP) is 6.15. The van der Waals surface area contributed by atoms with E-state index in [0.29, 0.717) is 15.7 Å². The maximum Gasteiger partial charge on any atom is 0.335 e. The molecule has 0 heterocycles. The standard InChI is InChI=1S/C23H18Cl2N2O4S2/c24-15-2-6-17(7-3-15)32-12-21(28)26-19-10-1-14(23(30)31)11-20(19)27-22(29)13-33-18-8-4-16(25)5-9-18/h1-11H,12-13H2,(H,26,28)(H,27,29)(H,30,31). The molecule has 0 saturated heterocycles. The summed E-state index contributed by atoms with van der Waals surface area (Å²) in [5.41, 5.74) is 0.511. The van der Waals surface area contributed by atoms with E-state index >= 15 is 0 Å². The van der Waals surface area contributed by atoms with Crippen LogP contribution in [0.5, 0.6) is 0 Å². The number of amides is 2. The van der Waals surface area contributed by atoms with Crippen LogP contribution in [0.1, 0.15) is 10.4 Å². The summed E-state index contributed by atoms with van der Waals surface area (Å²) < 4.78 is 0. The predicted molar refractivity (Wildman–Crippen MR) is 135 cm³/mol. The molecule has 10 heteroatoms. The van der Waals surface area contributed by atoms with Gasteiger partial charge in [0.25, 0.3) is 0 Å². The Balaban J connectivity index is 1.64. The monoisotopic (exact) mass is 520 g/mol. The van der Waals surface area contributed by atoms with Gasteiger partial charge in [0.05, 0.1) is 28.4 Å². The lowest BCUT2D eigenvalue weighted by Gasteiger charge is -2.13. The number of thioether (sulfide) groups is 2. The van der Waals surface area contributed by atoms with E-state index in [2.05, 4.69) is 10.6 Å². The third kappa shape index (κ3) is 8.01. The summed E-state index contributed by atoms with van der Waals surface area (Å²) in [6.07, 6.45) is 0. The van der Waals surface area contributed by atoms with Crippen LogP contribution in [0.3, 0.4) is 0 Å². The van der Waals surface area contributed by atoms with Gasteiger partial charge in [-0.2, -0.15) is 0 Å². The first kappa shape index (κ1) is 25.0. The zero-order valence-corrected chi connectivity index (χ0v) is 20.2. The van der Waals surface area contributed by atoms with E-state index < -0.39 is 5.97 Å². The number of carbonyl (C=O) groups excluding carboxylic acids is 2. The molecule has 3 rings (SSSR count). The minimum absolute atomic E-state index is 0.0100. The SMILES string of the molecule is O=C(CSc1ccc(Cl)cc1)Nc1ccc(C(=O)O)cc1NC(=O)CSc1ccc(Cl)cc1. The molecule has 33 heavy (non-hydrogen) atoms. The quantitative estimate of drug-likeness (QED) is 0.292. The Morgan fingerprint density at radius 1 is 0.697 bits per heavy atom. The molecule has 0 spiro atoms. The lowest BCUT2D eigenvalue weighted by molar-refractivity contribution is -0.114. The van der Waals surface area contributed by atoms with Gasteiger partial charge in [-0.1, -0.05) is 23.2 Å². The molecule has 0 radical (unpaired) electrons. The normalized spacial score (nSPS) is 10.5. The number of carboxylic acids is 1. The molecule has 0 aromatic heterocycles. The maximum atomic E-state index is 12.5. The Morgan fingerprint density at radius 3 is 1.61 bits per heavy atom. The minimum Gasteiger partial charge on any atom is -0.478 e. The summed E-state index contributed by atoms with van der Waals surface area (Å²) in [6.45, 7) is 0. The molecule has 2 amide bonds. The fraction of sp³-hybridized carbons (Fsp3) is 0.0870. The molecule has 0 fully saturated rings. The minimum atomic E-state index is -1.14. The molecular formula is C23H18Cl2N2O4S2. The van der Waals surface area contributed by atoms with Crippen molar-refractivity contribution in [1.29, 1.82) is 0 Å². The highest BCUT2D eigenvalue weighted by Gasteiger charge is 2.14. The molecule has 6 nitrogen and oxygen atoms in total. The molecule has 170 valence electrons. The van der Waals surface area contributed by atoms with Crippen molar-refractivity contribution < 1.29 is 19.5 Å². The van der Waals surface area contributed by atoms with Crippen LogP contribution in [0.25, 0.3) is 0 Å². The average molecular weight is 521 g/mol. The lowest BCUT2D eigenvalue weighted by atomic mass is 10.1. The van der Waals surface area contributed by atoms with E-state index in [1.54, 1.807) is 36.4 Å². The fourth-order valence-corrected chi connectivity index (χ4v) is 4.27. The Labute approximate surface area is 209 Å². The highest BCUT2D eigenvalue weighted by Crippen LogP contribution is 2.26. The number of carboxylic acid groups (broad SMARTS) is 1. The van der Waals surface area contributed by atoms with Crippen molar-refractivity contribution in [1.82, 2.24) is 0 Å². The molecule has 3 aromatic carbocycles. The van der Waals surface area contributed by atoms with Crippen LogP contribution in [0.15, 0.2) is 76.5 Å². The van der Waals surface area contributed by atoms with Crippen molar-refractivity contribution in [3.63, 3.8) is 0 Å². The van der Waals surface area contributed by atoms with Crippen LogP contribution in [0.4, 0.5) is 11.4 Å². The Morgan fingerprint density at radius 2 is 1.15 bits per heavy atom. The number of hydrogen-bond donors (Lipinski definition) is 3. The van der Waals surface area contributed by atoms with Crippen molar-refractivity contribution in [3.05, 3.63) is 82.3 Å². The van der Waals surface area contributed by atoms with Crippen LogP contribution in [-0.4, -0.2) is 34.4 Å². The molecule has 0 aliphatic rings. The van der Waals surface area contributed by atoms with Crippen molar-refractivity contribution >= 4 is 75.9 Å². The second-order valence-corrected chi connectivity index (χ2v) is 9.62. The lowest BCUT2D eigenvalue weighted by Crippen LogP contribution is -2.19. The van der Waals surface area contributed by atoms with Gasteiger partial charge in [0.15, 0.2) is 0 Å². The Bertz CT molecular complexity index is 1160. The van der Waals surface area contributed by atoms with Gasteiger partial charge >= 0.3 is 5.97 Å². The fourth-order valence-electron chi connectivity index (χ4n) is 2.62. The smallest absolute Gasteiger partial charge is 0.335 e. The number of benzene rings is 3. The van der Waals surface area contributed by atoms with Gasteiger partial charge in [-0.15, -0.1) is 23.5 Å². The van der Waals surface area contributed by atoms with Gasteiger partial charge in [-0.05, 0) is 66.7 Å². The number of rotatable bonds is 9. The van der Waals surface area contributed by atoms with Crippen molar-refractivity contribution in [2.24, 2.45) is 0 Å². The zero-order valence-electron chi connectivity index (χ0n) is 17.0. The van der Waals surface area contributed by atoms with E-state index in [-0.39, 0.29) is 34.6 Å². The highest BCUT2D eigenvalue weighted by molar-refractivity contribution is 8.00. The van der Waals surface area contributed by atoms with E-state index in [1.165, 1.54) is 41.7 Å². The van der Waals surface area contributed by atoms with E-state index in [0.717, 1.165) is 9.79 Å². The van der Waals surface area contributed by atoms with Crippen molar-refractivity contribution in [3.8, 4) is 0 Å². The van der Waals surface area contributed by atoms with E-state index in [1.807, 2.05) is 12.1 Å².